The van der Waals surface area contributed by atoms with Gasteiger partial charge in [-0.15, -0.1) is 0 Å². The number of aromatic hydroxyl groups is 1. The summed E-state index contributed by atoms with van der Waals surface area (Å²) >= 11 is 0. The van der Waals surface area contributed by atoms with E-state index in [1.165, 1.54) is 19.1 Å². The van der Waals surface area contributed by atoms with Gasteiger partial charge in [0.25, 0.3) is 5.91 Å². The molecule has 1 saturated heterocycles. The summed E-state index contributed by atoms with van der Waals surface area (Å²) in [5, 5.41) is 22.4. The Bertz CT molecular complexity index is 542. The van der Waals surface area contributed by atoms with Gasteiger partial charge >= 0.3 is 0 Å². The van der Waals surface area contributed by atoms with Gasteiger partial charge in [0.1, 0.15) is 5.75 Å². The third-order valence-electron chi connectivity index (χ3n) is 3.81. The number of aliphatic hydroxyl groups excluding tert-OH is 1. The molecule has 1 aliphatic heterocycles. The predicted molar refractivity (Wildman–Crippen MR) is 78.4 cm³/mol. The molecule has 0 aromatic heterocycles. The Morgan fingerprint density at radius 1 is 1.41 bits per heavy atom. The molecule has 1 aromatic rings. The van der Waals surface area contributed by atoms with Crippen LogP contribution in [0.2, 0.25) is 0 Å². The normalized spacial score (nSPS) is 19.9. The zero-order chi connectivity index (χ0) is 16.2. The average Bonchev–Trinajstić information content (AvgIpc) is 2.53. The van der Waals surface area contributed by atoms with Crippen LogP contribution in [0.25, 0.3) is 0 Å². The van der Waals surface area contributed by atoms with Crippen LogP contribution in [0.5, 0.6) is 5.75 Å². The summed E-state index contributed by atoms with van der Waals surface area (Å²) in [6.45, 7) is 3.08. The van der Waals surface area contributed by atoms with Gasteiger partial charge in [-0.3, -0.25) is 14.5 Å². The Morgan fingerprint density at radius 2 is 2.05 bits per heavy atom. The van der Waals surface area contributed by atoms with Crippen LogP contribution in [-0.4, -0.2) is 65.4 Å². The third kappa shape index (κ3) is 3.11. The number of aliphatic hydroxyl groups is 1. The van der Waals surface area contributed by atoms with Gasteiger partial charge in [0, 0.05) is 13.1 Å². The molecule has 1 aliphatic rings. The van der Waals surface area contributed by atoms with Crippen molar-refractivity contribution in [2.24, 2.45) is 0 Å². The van der Waals surface area contributed by atoms with Crippen LogP contribution in [0.3, 0.4) is 0 Å². The Kier molecular flexibility index (Phi) is 5.12. The number of amides is 1. The number of para-hydroxylation sites is 1. The highest BCUT2D eigenvalue weighted by Crippen LogP contribution is 2.21. The largest absolute Gasteiger partial charge is 0.507 e. The van der Waals surface area contributed by atoms with Crippen LogP contribution >= 0.6 is 0 Å². The van der Waals surface area contributed by atoms with E-state index in [0.717, 1.165) is 0 Å². The van der Waals surface area contributed by atoms with E-state index in [9.17, 15) is 19.8 Å². The molecule has 2 rings (SSSR count). The van der Waals surface area contributed by atoms with Crippen molar-refractivity contribution in [1.29, 1.82) is 0 Å². The summed E-state index contributed by atoms with van der Waals surface area (Å²) in [5.41, 5.74) is -1.51. The number of benzene rings is 1. The van der Waals surface area contributed by atoms with Crippen LogP contribution in [0.15, 0.2) is 24.3 Å². The summed E-state index contributed by atoms with van der Waals surface area (Å²) < 4.78 is 5.24. The minimum Gasteiger partial charge on any atom is -0.507 e. The first-order chi connectivity index (χ1) is 10.5. The molecule has 2 atom stereocenters. The lowest BCUT2D eigenvalue weighted by Crippen LogP contribution is -2.69. The zero-order valence-electron chi connectivity index (χ0n) is 12.4. The number of aldehydes is 1. The zero-order valence-corrected chi connectivity index (χ0v) is 12.4. The summed E-state index contributed by atoms with van der Waals surface area (Å²) in [6.07, 6.45) is -0.598. The molecule has 1 aromatic carbocycles. The molecule has 0 aliphatic carbocycles. The number of carbonyl (C=O) groups is 2. The average molecular weight is 308 g/mol. The topological polar surface area (TPSA) is 99.1 Å². The maximum absolute atomic E-state index is 12.4. The second kappa shape index (κ2) is 6.87. The Labute approximate surface area is 128 Å². The quantitative estimate of drug-likeness (QED) is 0.648. The smallest absolute Gasteiger partial charge is 0.256 e. The van der Waals surface area contributed by atoms with Crippen LogP contribution in [0.1, 0.15) is 17.3 Å². The Hall–Kier alpha value is -1.96. The lowest BCUT2D eigenvalue weighted by Gasteiger charge is -2.43. The van der Waals surface area contributed by atoms with Gasteiger partial charge in [0.05, 0.1) is 24.9 Å². The molecular weight excluding hydrogens is 288 g/mol. The molecule has 1 fully saturated rings. The highest BCUT2D eigenvalue weighted by atomic mass is 16.5. The maximum Gasteiger partial charge on any atom is 0.256 e. The fourth-order valence-corrected chi connectivity index (χ4v) is 2.50. The number of rotatable bonds is 5. The Balaban J connectivity index is 2.28. The number of carbonyl (C=O) groups excluding carboxylic acids is 2. The summed E-state index contributed by atoms with van der Waals surface area (Å²) in [6, 6.07) is 6.03. The predicted octanol–water partition coefficient (Wildman–Crippen LogP) is -0.270. The van der Waals surface area contributed by atoms with Crippen molar-refractivity contribution in [1.82, 2.24) is 10.2 Å². The lowest BCUT2D eigenvalue weighted by molar-refractivity contribution is -0.135. The number of phenolic OH excluding ortho intramolecular Hbond substituents is 1. The van der Waals surface area contributed by atoms with E-state index in [1.54, 1.807) is 17.0 Å². The molecule has 0 spiro atoms. The number of ether oxygens (including phenoxy) is 1. The summed E-state index contributed by atoms with van der Waals surface area (Å²) in [7, 11) is 0. The molecule has 7 heteroatoms. The van der Waals surface area contributed by atoms with Gasteiger partial charge in [-0.2, -0.15) is 0 Å². The minimum absolute atomic E-state index is 0.0441. The van der Waals surface area contributed by atoms with Gasteiger partial charge in [0.2, 0.25) is 0 Å². The number of morpholine rings is 1. The van der Waals surface area contributed by atoms with Gasteiger partial charge in [0.15, 0.2) is 11.9 Å². The van der Waals surface area contributed by atoms with Crippen molar-refractivity contribution in [2.45, 2.75) is 18.7 Å². The molecule has 0 bridgehead atoms. The summed E-state index contributed by atoms with van der Waals surface area (Å²) in [4.78, 5) is 25.8. The Morgan fingerprint density at radius 3 is 2.59 bits per heavy atom. The number of nitrogens with one attached hydrogen (secondary N) is 1. The van der Waals surface area contributed by atoms with E-state index in [2.05, 4.69) is 5.32 Å². The lowest BCUT2D eigenvalue weighted by atomic mass is 10.0. The van der Waals surface area contributed by atoms with Crippen LogP contribution in [0, 0.1) is 0 Å². The van der Waals surface area contributed by atoms with Gasteiger partial charge < -0.3 is 20.3 Å². The highest BCUT2D eigenvalue weighted by Gasteiger charge is 2.43. The molecule has 1 amide bonds. The number of nitrogens with zero attached hydrogens (tertiary/aromatic N) is 1. The fourth-order valence-electron chi connectivity index (χ4n) is 2.50. The molecular formula is C15H20N2O5. The maximum atomic E-state index is 12.4. The fraction of sp³-hybridized carbons (Fsp3) is 0.467. The van der Waals surface area contributed by atoms with E-state index in [1.807, 2.05) is 0 Å². The van der Waals surface area contributed by atoms with E-state index >= 15 is 0 Å². The summed E-state index contributed by atoms with van der Waals surface area (Å²) in [5.74, 6) is -0.815. The molecule has 7 nitrogen and oxygen atoms in total. The van der Waals surface area contributed by atoms with Gasteiger partial charge in [-0.25, -0.2) is 0 Å². The van der Waals surface area contributed by atoms with E-state index in [4.69, 9.17) is 4.74 Å². The second-order valence-corrected chi connectivity index (χ2v) is 5.19. The van der Waals surface area contributed by atoms with Crippen molar-refractivity contribution >= 4 is 12.2 Å². The van der Waals surface area contributed by atoms with Crippen LogP contribution < -0.4 is 5.32 Å². The molecule has 0 unspecified atom stereocenters. The van der Waals surface area contributed by atoms with Crippen molar-refractivity contribution in [3.63, 3.8) is 0 Å². The molecule has 0 saturated carbocycles. The monoisotopic (exact) mass is 308 g/mol. The van der Waals surface area contributed by atoms with Gasteiger partial charge in [-0.1, -0.05) is 12.1 Å². The van der Waals surface area contributed by atoms with Crippen molar-refractivity contribution in [3.05, 3.63) is 29.8 Å². The second-order valence-electron chi connectivity index (χ2n) is 5.19. The molecule has 0 radical (unpaired) electrons. The number of hydrogen-bond acceptors (Lipinski definition) is 6. The first-order valence-corrected chi connectivity index (χ1v) is 7.09. The van der Waals surface area contributed by atoms with Crippen molar-refractivity contribution in [3.8, 4) is 5.75 Å². The van der Waals surface area contributed by atoms with Crippen molar-refractivity contribution < 1.29 is 24.5 Å². The van der Waals surface area contributed by atoms with Crippen LogP contribution in [0.4, 0.5) is 0 Å². The minimum atomic E-state index is -1.55. The SMILES string of the molecule is C[C@@H](O)[C@](C=O)(NC(=O)c1ccccc1O)N1CCOCC1. The first kappa shape index (κ1) is 16.4. The van der Waals surface area contributed by atoms with Gasteiger partial charge in [-0.05, 0) is 19.1 Å². The van der Waals surface area contributed by atoms with Crippen LogP contribution in [-0.2, 0) is 9.53 Å². The third-order valence-corrected chi connectivity index (χ3v) is 3.81. The molecule has 22 heavy (non-hydrogen) atoms. The highest BCUT2D eigenvalue weighted by molar-refractivity contribution is 5.98. The first-order valence-electron chi connectivity index (χ1n) is 7.09. The van der Waals surface area contributed by atoms with E-state index in [-0.39, 0.29) is 11.3 Å². The molecule has 1 heterocycles. The number of hydrogen-bond donors (Lipinski definition) is 3. The standard InChI is InChI=1S/C15H20N2O5/c1-11(19)15(10-18,17-6-8-22-9-7-17)16-14(21)12-4-2-3-5-13(12)20/h2-5,10-11,19-20H,6-9H2,1H3,(H,16,21)/t11-,15-/m1/s1. The van der Waals surface area contributed by atoms with Crippen molar-refractivity contribution in [2.75, 3.05) is 26.3 Å². The molecule has 3 N–H and O–H groups in total. The van der Waals surface area contributed by atoms with E-state index in [0.29, 0.717) is 32.6 Å². The van der Waals surface area contributed by atoms with E-state index < -0.39 is 17.7 Å². The number of phenols is 1. The molecule has 120 valence electrons.